The monoisotopic (exact) mass is 427 g/mol. The fourth-order valence-electron chi connectivity index (χ4n) is 1.84. The van der Waals surface area contributed by atoms with Crippen molar-refractivity contribution in [2.24, 2.45) is 4.99 Å². The number of nitrogens with one attached hydrogen (secondary N) is 2. The maximum absolute atomic E-state index is 12.5. The van der Waals surface area contributed by atoms with E-state index in [1.54, 1.807) is 0 Å². The number of ether oxygens (including phenoxy) is 1. The lowest BCUT2D eigenvalue weighted by Crippen LogP contribution is -2.36. The Morgan fingerprint density at radius 2 is 1.86 bits per heavy atom. The molecule has 2 N–H and O–H groups in total. The summed E-state index contributed by atoms with van der Waals surface area (Å²) in [5, 5.41) is 6.89. The molecule has 0 fully saturated rings. The Labute approximate surface area is 159 Å². The van der Waals surface area contributed by atoms with Gasteiger partial charge in [0.15, 0.2) is 18.3 Å². The van der Waals surface area contributed by atoms with E-state index in [1.165, 1.54) is 25.4 Å². The van der Waals surface area contributed by atoms with Crippen LogP contribution in [-0.4, -0.2) is 35.8 Å². The van der Waals surface area contributed by atoms with Crippen molar-refractivity contribution in [1.82, 2.24) is 20.6 Å². The largest absolute Gasteiger partial charge is 0.468 e. The first-order valence-corrected chi connectivity index (χ1v) is 8.55. The van der Waals surface area contributed by atoms with E-state index in [4.69, 9.17) is 0 Å². The summed E-state index contributed by atoms with van der Waals surface area (Å²) in [5.74, 6) is 0.147. The molecule has 13 heteroatoms. The first kappa shape index (κ1) is 21.7. The summed E-state index contributed by atoms with van der Waals surface area (Å²) in [4.78, 5) is 11.2. The van der Waals surface area contributed by atoms with Gasteiger partial charge in [0.2, 0.25) is 5.88 Å². The molecule has 0 aromatic carbocycles. The van der Waals surface area contributed by atoms with Crippen LogP contribution in [0.1, 0.15) is 16.3 Å². The second kappa shape index (κ2) is 9.08. The van der Waals surface area contributed by atoms with Crippen molar-refractivity contribution in [2.45, 2.75) is 25.4 Å². The third kappa shape index (κ3) is 7.21. The SMILES string of the molecule is CN=C(NCc1ccc(OCC(F)(F)F)nc1)NCc1nc(C(F)(F)F)cs1. The van der Waals surface area contributed by atoms with Crippen LogP contribution in [-0.2, 0) is 19.3 Å². The molecule has 0 aliphatic carbocycles. The van der Waals surface area contributed by atoms with Crippen LogP contribution >= 0.6 is 11.3 Å². The molecule has 2 aromatic rings. The highest BCUT2D eigenvalue weighted by atomic mass is 32.1. The Bertz CT molecular complexity index is 787. The van der Waals surface area contributed by atoms with Crippen LogP contribution in [0.2, 0.25) is 0 Å². The highest BCUT2D eigenvalue weighted by Crippen LogP contribution is 2.29. The minimum atomic E-state index is -4.49. The number of rotatable bonds is 6. The maximum Gasteiger partial charge on any atom is 0.434 e. The standard InChI is InChI=1S/C15H15F6N5OS/c1-22-13(25-6-12-26-10(7-28-12)15(19,20)21)24-5-9-2-3-11(23-4-9)27-8-14(16,17)18/h2-4,7H,5-6,8H2,1H3,(H2,22,24,25). The molecule has 0 atom stereocenters. The molecule has 6 nitrogen and oxygen atoms in total. The van der Waals surface area contributed by atoms with Crippen LogP contribution < -0.4 is 15.4 Å². The van der Waals surface area contributed by atoms with Crippen molar-refractivity contribution in [3.05, 3.63) is 40.0 Å². The lowest BCUT2D eigenvalue weighted by atomic mass is 10.3. The Kier molecular flexibility index (Phi) is 7.05. The molecule has 154 valence electrons. The number of aliphatic imine (C=N–C) groups is 1. The van der Waals surface area contributed by atoms with Crippen molar-refractivity contribution >= 4 is 17.3 Å². The second-order valence-electron chi connectivity index (χ2n) is 5.31. The molecule has 0 radical (unpaired) electrons. The number of halogens is 6. The van der Waals surface area contributed by atoms with Gasteiger partial charge in [-0.2, -0.15) is 26.3 Å². The molecule has 28 heavy (non-hydrogen) atoms. The summed E-state index contributed by atoms with van der Waals surface area (Å²) >= 11 is 0.871. The number of hydrogen-bond donors (Lipinski definition) is 2. The zero-order valence-corrected chi connectivity index (χ0v) is 15.2. The minimum Gasteiger partial charge on any atom is -0.468 e. The number of hydrogen-bond acceptors (Lipinski definition) is 5. The fraction of sp³-hybridized carbons (Fsp3) is 0.400. The molecule has 0 aliphatic rings. The zero-order chi connectivity index (χ0) is 20.8. The van der Waals surface area contributed by atoms with Crippen LogP contribution in [0.3, 0.4) is 0 Å². The van der Waals surface area contributed by atoms with E-state index in [-0.39, 0.29) is 24.0 Å². The van der Waals surface area contributed by atoms with Crippen molar-refractivity contribution in [1.29, 1.82) is 0 Å². The third-order valence-electron chi connectivity index (χ3n) is 3.11. The highest BCUT2D eigenvalue weighted by molar-refractivity contribution is 7.09. The van der Waals surface area contributed by atoms with Gasteiger partial charge < -0.3 is 15.4 Å². The predicted molar refractivity (Wildman–Crippen MR) is 89.9 cm³/mol. The summed E-state index contributed by atoms with van der Waals surface area (Å²) < 4.78 is 78.3. The van der Waals surface area contributed by atoms with Crippen molar-refractivity contribution in [3.8, 4) is 5.88 Å². The number of pyridine rings is 1. The number of nitrogens with zero attached hydrogens (tertiary/aromatic N) is 3. The minimum absolute atomic E-state index is 0.0445. The molecule has 0 saturated carbocycles. The van der Waals surface area contributed by atoms with Crippen LogP contribution in [0.25, 0.3) is 0 Å². The summed E-state index contributed by atoms with van der Waals surface area (Å²) in [7, 11) is 1.48. The van der Waals surface area contributed by atoms with Crippen LogP contribution in [0.5, 0.6) is 5.88 Å². The van der Waals surface area contributed by atoms with Crippen molar-refractivity contribution in [3.63, 3.8) is 0 Å². The number of alkyl halides is 6. The predicted octanol–water partition coefficient (Wildman–Crippen LogP) is 3.36. The van der Waals surface area contributed by atoms with E-state index in [2.05, 4.69) is 30.3 Å². The molecular weight excluding hydrogens is 412 g/mol. The molecule has 0 saturated heterocycles. The van der Waals surface area contributed by atoms with Gasteiger partial charge in [0.05, 0.1) is 6.54 Å². The average Bonchev–Trinajstić information content (AvgIpc) is 3.10. The molecule has 2 heterocycles. The molecule has 2 rings (SSSR count). The van der Waals surface area contributed by atoms with E-state index in [0.29, 0.717) is 11.5 Å². The zero-order valence-electron chi connectivity index (χ0n) is 14.4. The highest BCUT2D eigenvalue weighted by Gasteiger charge is 2.33. The van der Waals surface area contributed by atoms with E-state index in [9.17, 15) is 26.3 Å². The second-order valence-corrected chi connectivity index (χ2v) is 6.25. The van der Waals surface area contributed by atoms with Gasteiger partial charge in [0.1, 0.15) is 5.01 Å². The summed E-state index contributed by atoms with van der Waals surface area (Å²) in [6, 6.07) is 2.82. The lowest BCUT2D eigenvalue weighted by Gasteiger charge is -2.11. The van der Waals surface area contributed by atoms with Crippen LogP contribution in [0, 0.1) is 0 Å². The molecule has 0 amide bonds. The van der Waals surface area contributed by atoms with E-state index >= 15 is 0 Å². The fourth-order valence-corrected chi connectivity index (χ4v) is 2.59. The van der Waals surface area contributed by atoms with Gasteiger partial charge in [0.25, 0.3) is 0 Å². The van der Waals surface area contributed by atoms with Gasteiger partial charge in [-0.3, -0.25) is 4.99 Å². The van der Waals surface area contributed by atoms with Gasteiger partial charge in [-0.25, -0.2) is 9.97 Å². The smallest absolute Gasteiger partial charge is 0.434 e. The molecule has 0 unspecified atom stereocenters. The molecule has 0 bridgehead atoms. The summed E-state index contributed by atoms with van der Waals surface area (Å²) in [6.07, 6.45) is -7.60. The first-order valence-electron chi connectivity index (χ1n) is 7.67. The Morgan fingerprint density at radius 3 is 2.39 bits per heavy atom. The van der Waals surface area contributed by atoms with Gasteiger partial charge in [-0.15, -0.1) is 11.3 Å². The van der Waals surface area contributed by atoms with E-state index < -0.39 is 24.7 Å². The van der Waals surface area contributed by atoms with Gasteiger partial charge >= 0.3 is 12.4 Å². The molecule has 2 aromatic heterocycles. The molecular formula is C15H15F6N5OS. The summed E-state index contributed by atoms with van der Waals surface area (Å²) in [6.45, 7) is -1.15. The molecule has 0 spiro atoms. The van der Waals surface area contributed by atoms with Gasteiger partial charge in [-0.05, 0) is 5.56 Å². The number of guanidine groups is 1. The van der Waals surface area contributed by atoms with E-state index in [0.717, 1.165) is 16.7 Å². The van der Waals surface area contributed by atoms with E-state index in [1.807, 2.05) is 0 Å². The molecule has 0 aliphatic heterocycles. The Morgan fingerprint density at radius 1 is 1.14 bits per heavy atom. The third-order valence-corrected chi connectivity index (χ3v) is 3.96. The maximum atomic E-state index is 12.5. The normalized spacial score (nSPS) is 12.8. The summed E-state index contributed by atoms with van der Waals surface area (Å²) in [5.41, 5.74) is -0.313. The number of aromatic nitrogens is 2. The van der Waals surface area contributed by atoms with Crippen LogP contribution in [0.4, 0.5) is 26.3 Å². The Balaban J connectivity index is 1.81. The number of thiazole rings is 1. The first-order chi connectivity index (χ1) is 13.1. The quantitative estimate of drug-likeness (QED) is 0.420. The lowest BCUT2D eigenvalue weighted by molar-refractivity contribution is -0.154. The van der Waals surface area contributed by atoms with Gasteiger partial charge in [0, 0.05) is 31.2 Å². The van der Waals surface area contributed by atoms with Crippen molar-refractivity contribution < 1.29 is 31.1 Å². The Hall–Kier alpha value is -2.57. The average molecular weight is 427 g/mol. The van der Waals surface area contributed by atoms with Crippen LogP contribution in [0.15, 0.2) is 28.7 Å². The topological polar surface area (TPSA) is 71.4 Å². The van der Waals surface area contributed by atoms with Crippen molar-refractivity contribution in [2.75, 3.05) is 13.7 Å². The van der Waals surface area contributed by atoms with Gasteiger partial charge in [-0.1, -0.05) is 6.07 Å².